The summed E-state index contributed by atoms with van der Waals surface area (Å²) in [7, 11) is 1.43. The molecule has 9 nitrogen and oxygen atoms in total. The Morgan fingerprint density at radius 3 is 2.63 bits per heavy atom. The van der Waals surface area contributed by atoms with Gasteiger partial charge in [0.2, 0.25) is 11.8 Å². The molecule has 10 heteroatoms. The second-order valence-electron chi connectivity index (χ2n) is 6.95. The molecule has 0 saturated carbocycles. The lowest BCUT2D eigenvalue weighted by atomic mass is 10.1. The second-order valence-corrected chi connectivity index (χ2v) is 8.05. The molecule has 1 atom stereocenters. The SMILES string of the molecule is COc1sc(CNC(=O)OC(C)(C)C)cc1C(=O)NC1CCC(=O)NC1=O. The van der Waals surface area contributed by atoms with Crippen LogP contribution in [0.3, 0.4) is 0 Å². The van der Waals surface area contributed by atoms with E-state index in [-0.39, 0.29) is 30.9 Å². The van der Waals surface area contributed by atoms with Gasteiger partial charge in [-0.3, -0.25) is 19.7 Å². The van der Waals surface area contributed by atoms with E-state index >= 15 is 0 Å². The lowest BCUT2D eigenvalue weighted by Gasteiger charge is -2.21. The maximum Gasteiger partial charge on any atom is 0.407 e. The average Bonchev–Trinajstić information content (AvgIpc) is 2.97. The Kier molecular flexibility index (Phi) is 6.42. The molecule has 2 rings (SSSR count). The average molecular weight is 397 g/mol. The van der Waals surface area contributed by atoms with E-state index in [2.05, 4.69) is 16.0 Å². The van der Waals surface area contributed by atoms with E-state index in [0.29, 0.717) is 9.94 Å². The fraction of sp³-hybridized carbons (Fsp3) is 0.529. The lowest BCUT2D eigenvalue weighted by molar-refractivity contribution is -0.134. The van der Waals surface area contributed by atoms with Crippen LogP contribution in [-0.4, -0.2) is 42.6 Å². The van der Waals surface area contributed by atoms with Crippen molar-refractivity contribution in [1.29, 1.82) is 0 Å². The van der Waals surface area contributed by atoms with Crippen LogP contribution in [0.4, 0.5) is 4.79 Å². The van der Waals surface area contributed by atoms with Gasteiger partial charge in [0.25, 0.3) is 5.91 Å². The van der Waals surface area contributed by atoms with Crippen LogP contribution in [0.5, 0.6) is 5.06 Å². The molecule has 0 radical (unpaired) electrons. The molecule has 1 unspecified atom stereocenters. The molecule has 148 valence electrons. The zero-order valence-electron chi connectivity index (χ0n) is 15.6. The fourth-order valence-corrected chi connectivity index (χ4v) is 3.27. The number of amides is 4. The van der Waals surface area contributed by atoms with Crippen LogP contribution in [0.1, 0.15) is 48.8 Å². The third kappa shape index (κ3) is 5.95. The van der Waals surface area contributed by atoms with E-state index in [0.717, 1.165) is 0 Å². The highest BCUT2D eigenvalue weighted by molar-refractivity contribution is 7.14. The Morgan fingerprint density at radius 2 is 2.04 bits per heavy atom. The molecule has 1 aromatic heterocycles. The van der Waals surface area contributed by atoms with Crippen molar-refractivity contribution in [3.8, 4) is 5.06 Å². The molecule has 3 N–H and O–H groups in total. The summed E-state index contributed by atoms with van der Waals surface area (Å²) in [4.78, 5) is 47.9. The molecule has 0 aromatic carbocycles. The molecule has 1 aliphatic heterocycles. The summed E-state index contributed by atoms with van der Waals surface area (Å²) in [5.74, 6) is -1.36. The number of alkyl carbamates (subject to hydrolysis) is 1. The number of carbonyl (C=O) groups excluding carboxylic acids is 4. The molecule has 2 heterocycles. The van der Waals surface area contributed by atoms with Gasteiger partial charge < -0.3 is 20.1 Å². The first kappa shape index (κ1) is 20.7. The summed E-state index contributed by atoms with van der Waals surface area (Å²) in [5, 5.41) is 7.76. The molecule has 1 saturated heterocycles. The summed E-state index contributed by atoms with van der Waals surface area (Å²) >= 11 is 1.20. The number of thiophene rings is 1. The maximum atomic E-state index is 12.5. The minimum absolute atomic E-state index is 0.168. The minimum Gasteiger partial charge on any atom is -0.487 e. The van der Waals surface area contributed by atoms with Crippen molar-refractivity contribution < 1.29 is 28.7 Å². The molecule has 1 fully saturated rings. The summed E-state index contributed by atoms with van der Waals surface area (Å²) < 4.78 is 10.4. The molecule has 0 aliphatic carbocycles. The Bertz CT molecular complexity index is 752. The number of ether oxygens (including phenoxy) is 2. The topological polar surface area (TPSA) is 123 Å². The number of hydrogen-bond donors (Lipinski definition) is 3. The van der Waals surface area contributed by atoms with E-state index in [1.807, 2.05) is 0 Å². The van der Waals surface area contributed by atoms with Crippen LogP contribution < -0.4 is 20.7 Å². The molecule has 1 aromatic rings. The van der Waals surface area contributed by atoms with Crippen molar-refractivity contribution in [2.45, 2.75) is 51.8 Å². The number of hydrogen-bond acceptors (Lipinski definition) is 7. The minimum atomic E-state index is -0.775. The third-order valence-corrected chi connectivity index (χ3v) is 4.63. The molecule has 27 heavy (non-hydrogen) atoms. The first-order valence-corrected chi connectivity index (χ1v) is 9.19. The van der Waals surface area contributed by atoms with Crippen molar-refractivity contribution >= 4 is 35.2 Å². The predicted molar refractivity (Wildman–Crippen MR) is 97.6 cm³/mol. The van der Waals surface area contributed by atoms with Gasteiger partial charge in [0, 0.05) is 11.3 Å². The standard InChI is InChI=1S/C17H23N3O6S/c1-17(2,3)26-16(24)18-8-9-7-10(15(25-4)27-9)13(22)19-11-5-6-12(21)20-14(11)23/h7,11H,5-6,8H2,1-4H3,(H,18,24)(H,19,22)(H,20,21,23). The lowest BCUT2D eigenvalue weighted by Crippen LogP contribution is -2.52. The van der Waals surface area contributed by atoms with Crippen LogP contribution in [-0.2, 0) is 20.9 Å². The largest absolute Gasteiger partial charge is 0.487 e. The number of piperidine rings is 1. The Labute approximate surface area is 160 Å². The van der Waals surface area contributed by atoms with E-state index in [4.69, 9.17) is 9.47 Å². The number of rotatable bonds is 5. The fourth-order valence-electron chi connectivity index (χ4n) is 2.36. The van der Waals surface area contributed by atoms with Crippen LogP contribution in [0.2, 0.25) is 0 Å². The highest BCUT2D eigenvalue weighted by Crippen LogP contribution is 2.30. The van der Waals surface area contributed by atoms with Gasteiger partial charge in [-0.2, -0.15) is 0 Å². The van der Waals surface area contributed by atoms with E-state index in [1.54, 1.807) is 26.8 Å². The Hall–Kier alpha value is -2.62. The van der Waals surface area contributed by atoms with E-state index in [9.17, 15) is 19.2 Å². The zero-order valence-corrected chi connectivity index (χ0v) is 16.5. The molecule has 4 amide bonds. The van der Waals surface area contributed by atoms with Crippen LogP contribution >= 0.6 is 11.3 Å². The highest BCUT2D eigenvalue weighted by Gasteiger charge is 2.29. The van der Waals surface area contributed by atoms with Crippen molar-refractivity contribution in [2.24, 2.45) is 0 Å². The van der Waals surface area contributed by atoms with E-state index < -0.39 is 29.6 Å². The normalized spacial score (nSPS) is 17.1. The van der Waals surface area contributed by atoms with Crippen molar-refractivity contribution in [3.05, 3.63) is 16.5 Å². The van der Waals surface area contributed by atoms with Crippen LogP contribution in [0.15, 0.2) is 6.07 Å². The van der Waals surface area contributed by atoms with Crippen molar-refractivity contribution in [3.63, 3.8) is 0 Å². The summed E-state index contributed by atoms with van der Waals surface area (Å²) in [6, 6.07) is 0.811. The Balaban J connectivity index is 2.00. The second kappa shape index (κ2) is 8.38. The van der Waals surface area contributed by atoms with Gasteiger partial charge in [0.15, 0.2) is 5.06 Å². The smallest absolute Gasteiger partial charge is 0.407 e. The predicted octanol–water partition coefficient (Wildman–Crippen LogP) is 1.32. The van der Waals surface area contributed by atoms with E-state index in [1.165, 1.54) is 18.4 Å². The molecular formula is C17H23N3O6S. The maximum absolute atomic E-state index is 12.5. The van der Waals surface area contributed by atoms with Gasteiger partial charge in [-0.1, -0.05) is 0 Å². The molecule has 1 aliphatic rings. The van der Waals surface area contributed by atoms with Gasteiger partial charge in [-0.15, -0.1) is 11.3 Å². The summed E-state index contributed by atoms with van der Waals surface area (Å²) in [5.41, 5.74) is -0.349. The zero-order chi connectivity index (χ0) is 20.2. The molecular weight excluding hydrogens is 374 g/mol. The number of nitrogens with one attached hydrogen (secondary N) is 3. The Morgan fingerprint density at radius 1 is 1.33 bits per heavy atom. The monoisotopic (exact) mass is 397 g/mol. The van der Waals surface area contributed by atoms with Gasteiger partial charge in [-0.05, 0) is 33.3 Å². The number of methoxy groups -OCH3 is 1. The van der Waals surface area contributed by atoms with Gasteiger partial charge in [0.05, 0.1) is 19.2 Å². The number of carbonyl (C=O) groups is 4. The molecule has 0 spiro atoms. The third-order valence-electron chi connectivity index (χ3n) is 3.53. The first-order valence-electron chi connectivity index (χ1n) is 8.37. The van der Waals surface area contributed by atoms with Crippen LogP contribution in [0, 0.1) is 0 Å². The van der Waals surface area contributed by atoms with Gasteiger partial charge in [-0.25, -0.2) is 4.79 Å². The van der Waals surface area contributed by atoms with Crippen molar-refractivity contribution in [2.75, 3.05) is 7.11 Å². The highest BCUT2D eigenvalue weighted by atomic mass is 32.1. The quantitative estimate of drug-likeness (QED) is 0.644. The van der Waals surface area contributed by atoms with Gasteiger partial charge >= 0.3 is 6.09 Å². The molecule has 0 bridgehead atoms. The van der Waals surface area contributed by atoms with Gasteiger partial charge in [0.1, 0.15) is 11.6 Å². The summed E-state index contributed by atoms with van der Waals surface area (Å²) in [6.07, 6.45) is -0.150. The van der Waals surface area contributed by atoms with Crippen LogP contribution in [0.25, 0.3) is 0 Å². The van der Waals surface area contributed by atoms with Crippen molar-refractivity contribution in [1.82, 2.24) is 16.0 Å². The summed E-state index contributed by atoms with van der Waals surface area (Å²) in [6.45, 7) is 5.45. The number of imide groups is 1. The first-order chi connectivity index (χ1) is 12.6.